The highest BCUT2D eigenvalue weighted by Gasteiger charge is 2.27. The van der Waals surface area contributed by atoms with Crippen molar-refractivity contribution in [3.63, 3.8) is 0 Å². The van der Waals surface area contributed by atoms with Gasteiger partial charge in [0, 0.05) is 24.8 Å². The number of nitrogen functional groups attached to an aromatic ring is 1. The van der Waals surface area contributed by atoms with Gasteiger partial charge in [-0.2, -0.15) is 0 Å². The number of ether oxygens (including phenoxy) is 1. The van der Waals surface area contributed by atoms with Crippen LogP contribution < -0.4 is 11.1 Å². The second-order valence-corrected chi connectivity index (χ2v) is 5.73. The number of amides is 1. The molecule has 2 unspecified atom stereocenters. The molecule has 1 aromatic rings. The summed E-state index contributed by atoms with van der Waals surface area (Å²) in [7, 11) is 0. The van der Waals surface area contributed by atoms with Crippen molar-refractivity contribution in [1.29, 1.82) is 0 Å². The van der Waals surface area contributed by atoms with Crippen LogP contribution in [0.5, 0.6) is 0 Å². The molecule has 2 rings (SSSR count). The second-order valence-electron chi connectivity index (χ2n) is 4.94. The average Bonchev–Trinajstić information content (AvgIpc) is 2.87. The summed E-state index contributed by atoms with van der Waals surface area (Å²) in [5.74, 6) is 0.0882. The highest BCUT2D eigenvalue weighted by molar-refractivity contribution is 6.44. The molecule has 20 heavy (non-hydrogen) atoms. The van der Waals surface area contributed by atoms with E-state index in [0.717, 1.165) is 19.4 Å². The van der Waals surface area contributed by atoms with E-state index < -0.39 is 0 Å². The summed E-state index contributed by atoms with van der Waals surface area (Å²) >= 11 is 12.0. The molecule has 1 aromatic carbocycles. The van der Waals surface area contributed by atoms with Gasteiger partial charge in [-0.05, 0) is 25.0 Å². The number of nitrogens with two attached hydrogens (primary N) is 1. The molecule has 0 aliphatic carbocycles. The first kappa shape index (κ1) is 15.4. The number of carbonyl (C=O) groups is 1. The van der Waals surface area contributed by atoms with Gasteiger partial charge in [0.1, 0.15) is 0 Å². The van der Waals surface area contributed by atoms with Crippen LogP contribution in [0.15, 0.2) is 12.1 Å². The summed E-state index contributed by atoms with van der Waals surface area (Å²) < 4.78 is 5.60. The lowest BCUT2D eigenvalue weighted by Crippen LogP contribution is -2.32. The zero-order valence-electron chi connectivity index (χ0n) is 11.3. The predicted octanol–water partition coefficient (Wildman–Crippen LogP) is 3.12. The molecule has 4 nitrogen and oxygen atoms in total. The van der Waals surface area contributed by atoms with E-state index in [1.807, 2.05) is 0 Å². The molecule has 0 bridgehead atoms. The van der Waals surface area contributed by atoms with Gasteiger partial charge in [0.05, 0.1) is 21.7 Å². The van der Waals surface area contributed by atoms with Gasteiger partial charge in [0.2, 0.25) is 0 Å². The van der Waals surface area contributed by atoms with E-state index in [2.05, 4.69) is 12.2 Å². The van der Waals surface area contributed by atoms with Gasteiger partial charge >= 0.3 is 0 Å². The van der Waals surface area contributed by atoms with Crippen LogP contribution in [-0.2, 0) is 4.74 Å². The highest BCUT2D eigenvalue weighted by atomic mass is 35.5. The summed E-state index contributed by atoms with van der Waals surface area (Å²) in [6, 6.07) is 3.06. The van der Waals surface area contributed by atoms with E-state index in [-0.39, 0.29) is 22.1 Å². The summed E-state index contributed by atoms with van der Waals surface area (Å²) in [5, 5.41) is 3.40. The first-order valence-electron chi connectivity index (χ1n) is 6.67. The minimum Gasteiger partial charge on any atom is -0.399 e. The van der Waals surface area contributed by atoms with E-state index in [0.29, 0.717) is 23.7 Å². The Kier molecular flexibility index (Phi) is 5.13. The first-order chi connectivity index (χ1) is 9.52. The summed E-state index contributed by atoms with van der Waals surface area (Å²) in [4.78, 5) is 12.2. The van der Waals surface area contributed by atoms with E-state index in [1.165, 1.54) is 12.1 Å². The summed E-state index contributed by atoms with van der Waals surface area (Å²) in [6.07, 6.45) is 2.13. The van der Waals surface area contributed by atoms with Crippen molar-refractivity contribution >= 4 is 34.8 Å². The fraction of sp³-hybridized carbons (Fsp3) is 0.500. The number of hydrogen-bond donors (Lipinski definition) is 2. The Labute approximate surface area is 128 Å². The van der Waals surface area contributed by atoms with E-state index in [1.54, 1.807) is 0 Å². The van der Waals surface area contributed by atoms with Crippen LogP contribution in [0.4, 0.5) is 5.69 Å². The quantitative estimate of drug-likeness (QED) is 0.839. The van der Waals surface area contributed by atoms with Gasteiger partial charge in [-0.15, -0.1) is 0 Å². The fourth-order valence-electron chi connectivity index (χ4n) is 2.47. The molecule has 1 aliphatic rings. The molecule has 6 heteroatoms. The maximum Gasteiger partial charge on any atom is 0.252 e. The Hall–Kier alpha value is -0.970. The number of nitrogens with one attached hydrogen (secondary N) is 1. The molecule has 0 spiro atoms. The van der Waals surface area contributed by atoms with Crippen molar-refractivity contribution in [2.24, 2.45) is 5.92 Å². The zero-order valence-corrected chi connectivity index (χ0v) is 12.8. The smallest absolute Gasteiger partial charge is 0.252 e. The molecule has 1 saturated heterocycles. The number of carbonyl (C=O) groups excluding carboxylic acids is 1. The molecule has 1 aliphatic heterocycles. The standard InChI is InChI=1S/C14H18Cl2N2O2/c1-2-12-8(3-4-20-12)7-18-14(19)10-5-9(17)6-11(15)13(10)16/h5-6,8,12H,2-4,7,17H2,1H3,(H,18,19). The summed E-state index contributed by atoms with van der Waals surface area (Å²) in [5.41, 5.74) is 6.41. The molecule has 3 N–H and O–H groups in total. The minimum atomic E-state index is -0.258. The summed E-state index contributed by atoms with van der Waals surface area (Å²) in [6.45, 7) is 3.41. The molecular weight excluding hydrogens is 299 g/mol. The monoisotopic (exact) mass is 316 g/mol. The van der Waals surface area contributed by atoms with Crippen LogP contribution in [0.3, 0.4) is 0 Å². The van der Waals surface area contributed by atoms with Crippen molar-refractivity contribution in [3.05, 3.63) is 27.7 Å². The topological polar surface area (TPSA) is 64.3 Å². The largest absolute Gasteiger partial charge is 0.399 e. The van der Waals surface area contributed by atoms with Gasteiger partial charge in [0.25, 0.3) is 5.91 Å². The number of anilines is 1. The number of benzene rings is 1. The minimum absolute atomic E-state index is 0.218. The Morgan fingerprint density at radius 1 is 1.50 bits per heavy atom. The normalized spacial score (nSPS) is 21.9. The van der Waals surface area contributed by atoms with Gasteiger partial charge in [-0.25, -0.2) is 0 Å². The molecule has 1 heterocycles. The molecule has 1 amide bonds. The van der Waals surface area contributed by atoms with Crippen LogP contribution in [0.2, 0.25) is 10.0 Å². The SMILES string of the molecule is CCC1OCCC1CNC(=O)c1cc(N)cc(Cl)c1Cl. The average molecular weight is 317 g/mol. The van der Waals surface area contributed by atoms with Crippen LogP contribution in [0.1, 0.15) is 30.1 Å². The van der Waals surface area contributed by atoms with Crippen molar-refractivity contribution < 1.29 is 9.53 Å². The molecular formula is C14H18Cl2N2O2. The molecule has 1 fully saturated rings. The number of rotatable bonds is 4. The maximum absolute atomic E-state index is 12.2. The number of halogens is 2. The van der Waals surface area contributed by atoms with Crippen LogP contribution in [-0.4, -0.2) is 25.2 Å². The van der Waals surface area contributed by atoms with Crippen molar-refractivity contribution in [3.8, 4) is 0 Å². The highest BCUT2D eigenvalue weighted by Crippen LogP contribution is 2.29. The van der Waals surface area contributed by atoms with Crippen LogP contribution in [0, 0.1) is 5.92 Å². The second kappa shape index (κ2) is 6.66. The van der Waals surface area contributed by atoms with Gasteiger partial charge in [0.15, 0.2) is 0 Å². The number of hydrogen-bond acceptors (Lipinski definition) is 3. The van der Waals surface area contributed by atoms with Crippen molar-refractivity contribution in [1.82, 2.24) is 5.32 Å². The molecule has 110 valence electrons. The molecule has 2 atom stereocenters. The molecule has 0 aromatic heterocycles. The van der Waals surface area contributed by atoms with Crippen LogP contribution in [0.25, 0.3) is 0 Å². The zero-order chi connectivity index (χ0) is 14.7. The van der Waals surface area contributed by atoms with E-state index in [9.17, 15) is 4.79 Å². The first-order valence-corrected chi connectivity index (χ1v) is 7.42. The van der Waals surface area contributed by atoms with E-state index >= 15 is 0 Å². The van der Waals surface area contributed by atoms with Gasteiger partial charge < -0.3 is 15.8 Å². The van der Waals surface area contributed by atoms with Crippen molar-refractivity contribution in [2.45, 2.75) is 25.9 Å². The Morgan fingerprint density at radius 2 is 2.25 bits per heavy atom. The Balaban J connectivity index is 2.02. The third kappa shape index (κ3) is 3.37. The Bertz CT molecular complexity index is 508. The molecule has 0 saturated carbocycles. The third-order valence-electron chi connectivity index (χ3n) is 3.57. The Morgan fingerprint density at radius 3 is 2.95 bits per heavy atom. The van der Waals surface area contributed by atoms with E-state index in [4.69, 9.17) is 33.7 Å². The van der Waals surface area contributed by atoms with Gasteiger partial charge in [-0.3, -0.25) is 4.79 Å². The lowest BCUT2D eigenvalue weighted by molar-refractivity contribution is 0.0827. The lowest BCUT2D eigenvalue weighted by Gasteiger charge is -2.17. The maximum atomic E-state index is 12.2. The lowest BCUT2D eigenvalue weighted by atomic mass is 9.99. The fourth-order valence-corrected chi connectivity index (χ4v) is 2.89. The molecule has 0 radical (unpaired) electrons. The van der Waals surface area contributed by atoms with Crippen LogP contribution >= 0.6 is 23.2 Å². The predicted molar refractivity (Wildman–Crippen MR) is 81.3 cm³/mol. The third-order valence-corrected chi connectivity index (χ3v) is 4.37. The van der Waals surface area contributed by atoms with Gasteiger partial charge in [-0.1, -0.05) is 30.1 Å². The van der Waals surface area contributed by atoms with Crippen molar-refractivity contribution in [2.75, 3.05) is 18.9 Å².